The summed E-state index contributed by atoms with van der Waals surface area (Å²) >= 11 is 0. The third-order valence-corrected chi connectivity index (χ3v) is 5.33. The number of nitrogens with one attached hydrogen (secondary N) is 1. The van der Waals surface area contributed by atoms with E-state index in [1.54, 1.807) is 0 Å². The molecule has 3 amide bonds. The van der Waals surface area contributed by atoms with Crippen molar-refractivity contribution in [3.8, 4) is 0 Å². The number of carboxylic acids is 1. The lowest BCUT2D eigenvalue weighted by molar-refractivity contribution is -0.137. The van der Waals surface area contributed by atoms with Gasteiger partial charge in [0.05, 0.1) is 0 Å². The van der Waals surface area contributed by atoms with Gasteiger partial charge < -0.3 is 20.2 Å². The zero-order valence-electron chi connectivity index (χ0n) is 15.5. The van der Waals surface area contributed by atoms with Gasteiger partial charge in [-0.15, -0.1) is 0 Å². The third-order valence-electron chi connectivity index (χ3n) is 5.33. The minimum Gasteiger partial charge on any atom is -0.481 e. The Bertz CT molecular complexity index is 692. The molecule has 2 aliphatic heterocycles. The summed E-state index contributed by atoms with van der Waals surface area (Å²) < 4.78 is 0. The normalized spacial score (nSPS) is 17.8. The molecule has 1 aromatic carbocycles. The van der Waals surface area contributed by atoms with Crippen molar-refractivity contribution in [2.24, 2.45) is 5.92 Å². The van der Waals surface area contributed by atoms with E-state index in [9.17, 15) is 14.4 Å². The Hall–Kier alpha value is -2.57. The van der Waals surface area contributed by atoms with Crippen LogP contribution in [0.25, 0.3) is 0 Å². The number of amides is 3. The van der Waals surface area contributed by atoms with Crippen LogP contribution in [0, 0.1) is 5.92 Å². The molecule has 27 heavy (non-hydrogen) atoms. The highest BCUT2D eigenvalue weighted by Gasteiger charge is 2.30. The van der Waals surface area contributed by atoms with Crippen molar-refractivity contribution in [1.29, 1.82) is 0 Å². The molecule has 0 spiro atoms. The van der Waals surface area contributed by atoms with Gasteiger partial charge in [0.15, 0.2) is 0 Å². The molecule has 146 valence electrons. The van der Waals surface area contributed by atoms with E-state index in [-0.39, 0.29) is 24.3 Å². The molecule has 7 nitrogen and oxygen atoms in total. The molecule has 2 N–H and O–H groups in total. The van der Waals surface area contributed by atoms with Gasteiger partial charge in [0, 0.05) is 44.2 Å². The van der Waals surface area contributed by atoms with Crippen LogP contribution >= 0.6 is 0 Å². The minimum atomic E-state index is -0.834. The molecule has 1 aromatic rings. The average molecular weight is 373 g/mol. The second-order valence-corrected chi connectivity index (χ2v) is 7.32. The number of carbonyl (C=O) groups is 3. The lowest BCUT2D eigenvalue weighted by atomic mass is 9.96. The summed E-state index contributed by atoms with van der Waals surface area (Å²) in [5.74, 6) is -0.964. The summed E-state index contributed by atoms with van der Waals surface area (Å²) in [7, 11) is 0. The van der Waals surface area contributed by atoms with Crippen LogP contribution in [-0.2, 0) is 16.0 Å². The number of carbonyl (C=O) groups excluding carboxylic acids is 2. The molecule has 0 aliphatic carbocycles. The van der Waals surface area contributed by atoms with E-state index in [2.05, 4.69) is 5.32 Å². The second-order valence-electron chi connectivity index (χ2n) is 7.32. The van der Waals surface area contributed by atoms with E-state index >= 15 is 0 Å². The van der Waals surface area contributed by atoms with Crippen LogP contribution in [0.3, 0.4) is 0 Å². The van der Waals surface area contributed by atoms with E-state index < -0.39 is 5.97 Å². The van der Waals surface area contributed by atoms with Crippen molar-refractivity contribution in [1.82, 2.24) is 9.80 Å². The van der Waals surface area contributed by atoms with Crippen molar-refractivity contribution in [3.05, 3.63) is 29.8 Å². The predicted molar refractivity (Wildman–Crippen MR) is 102 cm³/mol. The minimum absolute atomic E-state index is 0.0290. The van der Waals surface area contributed by atoms with Crippen LogP contribution in [-0.4, -0.2) is 59.0 Å². The first-order valence-electron chi connectivity index (χ1n) is 9.68. The van der Waals surface area contributed by atoms with Gasteiger partial charge >= 0.3 is 12.0 Å². The summed E-state index contributed by atoms with van der Waals surface area (Å²) in [6.45, 7) is 2.92. The van der Waals surface area contributed by atoms with Crippen LogP contribution in [0.2, 0.25) is 0 Å². The molecule has 2 fully saturated rings. The van der Waals surface area contributed by atoms with Gasteiger partial charge in [-0.2, -0.15) is 0 Å². The fraction of sp³-hybridized carbons (Fsp3) is 0.550. The standard InChI is InChI=1S/C20H27N3O4/c24-18(25)7-6-15-4-3-5-17(14-15)21-19(26)16-8-12-23(13-9-16)20(27)22-10-1-2-11-22/h3-5,14,16H,1-2,6-13H2,(H,21,26)(H,24,25). The summed E-state index contributed by atoms with van der Waals surface area (Å²) in [5, 5.41) is 11.7. The number of urea groups is 1. The van der Waals surface area contributed by atoms with Gasteiger partial charge in [-0.1, -0.05) is 12.1 Å². The molecule has 0 aromatic heterocycles. The maximum Gasteiger partial charge on any atom is 0.319 e. The number of likely N-dealkylation sites (tertiary alicyclic amines) is 2. The smallest absolute Gasteiger partial charge is 0.319 e. The molecule has 0 saturated carbocycles. The van der Waals surface area contributed by atoms with E-state index in [0.29, 0.717) is 38.0 Å². The molecule has 3 rings (SSSR count). The van der Waals surface area contributed by atoms with E-state index in [1.807, 2.05) is 34.1 Å². The molecular weight excluding hydrogens is 346 g/mol. The maximum atomic E-state index is 12.6. The average Bonchev–Trinajstić information content (AvgIpc) is 3.21. The first kappa shape index (κ1) is 19.2. The zero-order chi connectivity index (χ0) is 19.2. The van der Waals surface area contributed by atoms with Crippen molar-refractivity contribution >= 4 is 23.6 Å². The largest absolute Gasteiger partial charge is 0.481 e. The topological polar surface area (TPSA) is 90.0 Å². The number of piperidine rings is 1. The zero-order valence-corrected chi connectivity index (χ0v) is 15.5. The van der Waals surface area contributed by atoms with Crippen LogP contribution in [0.5, 0.6) is 0 Å². The number of hydrogen-bond acceptors (Lipinski definition) is 3. The Kier molecular flexibility index (Phi) is 6.32. The molecular formula is C20H27N3O4. The number of carboxylic acid groups (broad SMARTS) is 1. The Morgan fingerprint density at radius 2 is 1.70 bits per heavy atom. The summed E-state index contributed by atoms with van der Waals surface area (Å²) in [6.07, 6.45) is 4.01. The molecule has 7 heteroatoms. The number of aliphatic carboxylic acids is 1. The second kappa shape index (κ2) is 8.88. The lowest BCUT2D eigenvalue weighted by Crippen LogP contribution is -2.47. The molecule has 2 aliphatic rings. The van der Waals surface area contributed by atoms with E-state index in [0.717, 1.165) is 31.5 Å². The SMILES string of the molecule is O=C(O)CCc1cccc(NC(=O)C2CCN(C(=O)N3CCCC3)CC2)c1. The fourth-order valence-electron chi connectivity index (χ4n) is 3.74. The highest BCUT2D eigenvalue weighted by Crippen LogP contribution is 2.22. The number of nitrogens with zero attached hydrogens (tertiary/aromatic N) is 2. The highest BCUT2D eigenvalue weighted by atomic mass is 16.4. The van der Waals surface area contributed by atoms with Crippen LogP contribution in [0.1, 0.15) is 37.7 Å². The van der Waals surface area contributed by atoms with Crippen LogP contribution in [0.15, 0.2) is 24.3 Å². The molecule has 0 bridgehead atoms. The van der Waals surface area contributed by atoms with E-state index in [1.165, 1.54) is 0 Å². The molecule has 0 radical (unpaired) electrons. The predicted octanol–water partition coefficient (Wildman–Crippen LogP) is 2.57. The Morgan fingerprint density at radius 3 is 2.37 bits per heavy atom. The Morgan fingerprint density at radius 1 is 1.04 bits per heavy atom. The molecule has 0 atom stereocenters. The first-order valence-corrected chi connectivity index (χ1v) is 9.68. The number of anilines is 1. The quantitative estimate of drug-likeness (QED) is 0.830. The van der Waals surface area contributed by atoms with Crippen LogP contribution < -0.4 is 5.32 Å². The summed E-state index contributed by atoms with van der Waals surface area (Å²) in [6, 6.07) is 7.43. The van der Waals surface area contributed by atoms with Gasteiger partial charge in [-0.3, -0.25) is 9.59 Å². The van der Waals surface area contributed by atoms with Gasteiger partial charge in [0.2, 0.25) is 5.91 Å². The Balaban J connectivity index is 1.48. The number of hydrogen-bond donors (Lipinski definition) is 2. The monoisotopic (exact) mass is 373 g/mol. The Labute approximate surface area is 159 Å². The van der Waals surface area contributed by atoms with Gasteiger partial charge in [-0.25, -0.2) is 4.79 Å². The van der Waals surface area contributed by atoms with Crippen molar-refractivity contribution in [2.45, 2.75) is 38.5 Å². The van der Waals surface area contributed by atoms with E-state index in [4.69, 9.17) is 5.11 Å². The number of aryl methyl sites for hydroxylation is 1. The van der Waals surface area contributed by atoms with Crippen molar-refractivity contribution < 1.29 is 19.5 Å². The molecule has 2 saturated heterocycles. The number of rotatable bonds is 5. The molecule has 0 unspecified atom stereocenters. The number of benzene rings is 1. The van der Waals surface area contributed by atoms with Gasteiger partial charge in [0.25, 0.3) is 0 Å². The molecule has 2 heterocycles. The first-order chi connectivity index (χ1) is 13.0. The fourth-order valence-corrected chi connectivity index (χ4v) is 3.74. The van der Waals surface area contributed by atoms with Crippen molar-refractivity contribution in [3.63, 3.8) is 0 Å². The lowest BCUT2D eigenvalue weighted by Gasteiger charge is -2.34. The summed E-state index contributed by atoms with van der Waals surface area (Å²) in [4.78, 5) is 39.5. The van der Waals surface area contributed by atoms with Crippen LogP contribution in [0.4, 0.5) is 10.5 Å². The summed E-state index contributed by atoms with van der Waals surface area (Å²) in [5.41, 5.74) is 1.58. The maximum absolute atomic E-state index is 12.6. The van der Waals surface area contributed by atoms with Gasteiger partial charge in [0.1, 0.15) is 0 Å². The highest BCUT2D eigenvalue weighted by molar-refractivity contribution is 5.92. The third kappa shape index (κ3) is 5.21. The van der Waals surface area contributed by atoms with Gasteiger partial charge in [-0.05, 0) is 49.8 Å². The van der Waals surface area contributed by atoms with Crippen molar-refractivity contribution in [2.75, 3.05) is 31.5 Å².